The Kier molecular flexibility index (Phi) is 8.42. The topological polar surface area (TPSA) is 78.9 Å². The van der Waals surface area contributed by atoms with Crippen molar-refractivity contribution in [2.75, 3.05) is 20.8 Å². The second-order valence-corrected chi connectivity index (χ2v) is 9.57. The molecule has 0 spiro atoms. The fourth-order valence-corrected chi connectivity index (χ4v) is 4.89. The van der Waals surface area contributed by atoms with E-state index in [1.54, 1.807) is 25.1 Å². The van der Waals surface area contributed by atoms with E-state index < -0.39 is 25.0 Å². The molecule has 1 fully saturated rings. The van der Waals surface area contributed by atoms with Crippen LogP contribution in [0.2, 0.25) is 0 Å². The maximum Gasteiger partial charge on any atom is 0.324 e. The monoisotopic (exact) mass is 436 g/mol. The average Bonchev–Trinajstić information content (AvgIpc) is 2.77. The second-order valence-electron chi connectivity index (χ2n) is 8.49. The van der Waals surface area contributed by atoms with Gasteiger partial charge in [-0.25, -0.2) is 0 Å². The Balaban J connectivity index is 2.55. The smallest absolute Gasteiger partial charge is 0.324 e. The zero-order chi connectivity index (χ0) is 22.4. The molecular formula is C23H33O6P. The van der Waals surface area contributed by atoms with Crippen LogP contribution >= 0.6 is 8.46 Å². The predicted molar refractivity (Wildman–Crippen MR) is 116 cm³/mol. The van der Waals surface area contributed by atoms with E-state index in [1.165, 1.54) is 14.2 Å². The fourth-order valence-electron chi connectivity index (χ4n) is 4.25. The molecule has 0 N–H and O–H groups in total. The van der Waals surface area contributed by atoms with Crippen LogP contribution in [-0.4, -0.2) is 37.7 Å². The fraction of sp³-hybridized carbons (Fsp3) is 0.652. The van der Waals surface area contributed by atoms with Crippen molar-refractivity contribution in [1.82, 2.24) is 0 Å². The van der Waals surface area contributed by atoms with Gasteiger partial charge in [-0.1, -0.05) is 39.2 Å². The Morgan fingerprint density at radius 1 is 1.10 bits per heavy atom. The number of Topliss-reactive ketones (excluding diaryl/α,β-unsaturated/α-hetero) is 1. The molecule has 1 aliphatic rings. The standard InChI is InChI=1S/C23H33O6P/c1-16(2)12-15-29-21(25)22(3,30-26)23(13-7-6-8-14-23)20(24)19-17(27-4)10-9-11-18(19)28-5/h9-11,16H,6-8,12-15H2,1-5H3. The minimum Gasteiger partial charge on any atom is -0.496 e. The highest BCUT2D eigenvalue weighted by atomic mass is 31.1. The van der Waals surface area contributed by atoms with Crippen LogP contribution in [0.4, 0.5) is 0 Å². The van der Waals surface area contributed by atoms with Crippen molar-refractivity contribution in [3.8, 4) is 11.5 Å². The number of hydrogen-bond acceptors (Lipinski definition) is 6. The highest BCUT2D eigenvalue weighted by Gasteiger charge is 2.60. The van der Waals surface area contributed by atoms with Crippen LogP contribution < -0.4 is 9.47 Å². The summed E-state index contributed by atoms with van der Waals surface area (Å²) >= 11 is 0. The molecule has 1 aromatic carbocycles. The summed E-state index contributed by atoms with van der Waals surface area (Å²) in [6, 6.07) is 5.13. The molecule has 0 heterocycles. The first-order valence-corrected chi connectivity index (χ1v) is 11.4. The molecule has 1 saturated carbocycles. The van der Waals surface area contributed by atoms with Crippen molar-refractivity contribution in [3.63, 3.8) is 0 Å². The number of carbonyl (C=O) groups excluding carboxylic acids is 2. The molecule has 2 rings (SSSR count). The highest BCUT2D eigenvalue weighted by molar-refractivity contribution is 7.28. The largest absolute Gasteiger partial charge is 0.496 e. The summed E-state index contributed by atoms with van der Waals surface area (Å²) in [5.74, 6) is 0.258. The lowest BCUT2D eigenvalue weighted by Crippen LogP contribution is -2.54. The van der Waals surface area contributed by atoms with Gasteiger partial charge in [0.05, 0.1) is 26.2 Å². The summed E-state index contributed by atoms with van der Waals surface area (Å²) in [5, 5.41) is -1.49. The molecule has 7 heteroatoms. The van der Waals surface area contributed by atoms with E-state index >= 15 is 0 Å². The summed E-state index contributed by atoms with van der Waals surface area (Å²) in [7, 11) is 2.56. The SMILES string of the molecule is COc1cccc(OC)c1C(=O)C1(C(C)(P=O)C(=O)OCCC(C)C)CCCCC1. The lowest BCUT2D eigenvalue weighted by molar-refractivity contribution is -0.150. The molecule has 0 aromatic heterocycles. The molecule has 1 aromatic rings. The van der Waals surface area contributed by atoms with Crippen molar-refractivity contribution < 1.29 is 28.4 Å². The Labute approximate surface area is 180 Å². The van der Waals surface area contributed by atoms with Gasteiger partial charge in [0.15, 0.2) is 19.4 Å². The molecule has 0 radical (unpaired) electrons. The summed E-state index contributed by atoms with van der Waals surface area (Å²) < 4.78 is 28.9. The van der Waals surface area contributed by atoms with Crippen molar-refractivity contribution in [3.05, 3.63) is 23.8 Å². The summed E-state index contributed by atoms with van der Waals surface area (Å²) in [6.45, 7) is 5.91. The number of hydrogen-bond donors (Lipinski definition) is 0. The minimum absolute atomic E-state index is 0.240. The van der Waals surface area contributed by atoms with E-state index in [0.717, 1.165) is 19.3 Å². The van der Waals surface area contributed by atoms with E-state index in [0.29, 0.717) is 36.7 Å². The third-order valence-electron chi connectivity index (χ3n) is 6.24. The van der Waals surface area contributed by atoms with Crippen LogP contribution in [0.1, 0.15) is 69.7 Å². The van der Waals surface area contributed by atoms with Crippen molar-refractivity contribution in [2.24, 2.45) is 11.3 Å². The number of methoxy groups -OCH3 is 2. The second kappa shape index (κ2) is 10.4. The molecule has 6 nitrogen and oxygen atoms in total. The predicted octanol–water partition coefficient (Wildman–Crippen LogP) is 5.48. The Morgan fingerprint density at radius 3 is 2.13 bits per heavy atom. The first kappa shape index (κ1) is 24.3. The van der Waals surface area contributed by atoms with Gasteiger partial charge in [0.2, 0.25) is 0 Å². The molecule has 1 aliphatic carbocycles. The third-order valence-corrected chi connectivity index (χ3v) is 7.21. The van der Waals surface area contributed by atoms with Gasteiger partial charge in [0, 0.05) is 0 Å². The van der Waals surface area contributed by atoms with Crippen LogP contribution in [0.25, 0.3) is 0 Å². The van der Waals surface area contributed by atoms with Crippen molar-refractivity contribution in [2.45, 2.75) is 64.5 Å². The van der Waals surface area contributed by atoms with Gasteiger partial charge in [-0.2, -0.15) is 0 Å². The van der Waals surface area contributed by atoms with Crippen LogP contribution in [0.3, 0.4) is 0 Å². The van der Waals surface area contributed by atoms with Gasteiger partial charge < -0.3 is 14.2 Å². The summed E-state index contributed by atoms with van der Waals surface area (Å²) in [6.07, 6.45) is 4.13. The van der Waals surface area contributed by atoms with Crippen molar-refractivity contribution in [1.29, 1.82) is 0 Å². The van der Waals surface area contributed by atoms with Gasteiger partial charge in [-0.3, -0.25) is 14.2 Å². The summed E-state index contributed by atoms with van der Waals surface area (Å²) in [5.41, 5.74) is -0.875. The average molecular weight is 436 g/mol. The van der Waals surface area contributed by atoms with Crippen LogP contribution in [0.15, 0.2) is 18.2 Å². The molecule has 30 heavy (non-hydrogen) atoms. The Hall–Kier alpha value is -1.94. The minimum atomic E-state index is -1.49. The number of rotatable bonds is 10. The summed E-state index contributed by atoms with van der Waals surface area (Å²) in [4.78, 5) is 27.2. The van der Waals surface area contributed by atoms with Gasteiger partial charge in [0.25, 0.3) is 0 Å². The molecule has 1 atom stereocenters. The van der Waals surface area contributed by atoms with E-state index in [-0.39, 0.29) is 18.0 Å². The maximum absolute atomic E-state index is 14.1. The number of benzene rings is 1. The Bertz CT molecular complexity index is 747. The zero-order valence-corrected chi connectivity index (χ0v) is 19.6. The first-order chi connectivity index (χ1) is 14.3. The van der Waals surface area contributed by atoms with Crippen LogP contribution in [0.5, 0.6) is 11.5 Å². The number of carbonyl (C=O) groups is 2. The molecule has 0 saturated heterocycles. The molecule has 0 bridgehead atoms. The molecule has 166 valence electrons. The van der Waals surface area contributed by atoms with Gasteiger partial charge in [-0.15, -0.1) is 0 Å². The quantitative estimate of drug-likeness (QED) is 0.275. The normalized spacial score (nSPS) is 17.9. The van der Waals surface area contributed by atoms with Crippen molar-refractivity contribution >= 4 is 20.2 Å². The molecule has 1 unspecified atom stereocenters. The van der Waals surface area contributed by atoms with E-state index in [2.05, 4.69) is 0 Å². The van der Waals surface area contributed by atoms with Crippen LogP contribution in [0, 0.1) is 11.3 Å². The number of ether oxygens (including phenoxy) is 3. The molecule has 0 aliphatic heterocycles. The third kappa shape index (κ3) is 4.54. The maximum atomic E-state index is 14.1. The Morgan fingerprint density at radius 2 is 1.67 bits per heavy atom. The van der Waals surface area contributed by atoms with Crippen LogP contribution in [-0.2, 0) is 14.1 Å². The lowest BCUT2D eigenvalue weighted by Gasteiger charge is -2.44. The molecule has 0 amide bonds. The van der Waals surface area contributed by atoms with E-state index in [9.17, 15) is 14.2 Å². The van der Waals surface area contributed by atoms with Gasteiger partial charge in [0.1, 0.15) is 17.1 Å². The van der Waals surface area contributed by atoms with Gasteiger partial charge >= 0.3 is 5.97 Å². The first-order valence-electron chi connectivity index (χ1n) is 10.5. The highest BCUT2D eigenvalue weighted by Crippen LogP contribution is 2.55. The lowest BCUT2D eigenvalue weighted by atomic mass is 9.61. The van der Waals surface area contributed by atoms with Gasteiger partial charge in [-0.05, 0) is 44.2 Å². The van der Waals surface area contributed by atoms with E-state index in [1.807, 2.05) is 13.8 Å². The van der Waals surface area contributed by atoms with E-state index in [4.69, 9.17) is 14.2 Å². The molecular weight excluding hydrogens is 403 g/mol. The zero-order valence-electron chi connectivity index (χ0n) is 18.7. The number of ketones is 1. The number of esters is 1.